The summed E-state index contributed by atoms with van der Waals surface area (Å²) < 4.78 is 5.68. The van der Waals surface area contributed by atoms with Crippen molar-refractivity contribution in [3.63, 3.8) is 0 Å². The Morgan fingerprint density at radius 1 is 1.47 bits per heavy atom. The van der Waals surface area contributed by atoms with Crippen molar-refractivity contribution in [2.45, 2.75) is 55.9 Å². The first-order valence-electron chi connectivity index (χ1n) is 6.58. The van der Waals surface area contributed by atoms with E-state index < -0.39 is 0 Å². The number of rotatable bonds is 0. The number of aliphatic hydroxyl groups is 1. The molecule has 1 saturated carbocycles. The van der Waals surface area contributed by atoms with Crippen LogP contribution in [0.4, 0.5) is 0 Å². The fourth-order valence-electron chi connectivity index (χ4n) is 4.36. The largest absolute Gasteiger partial charge is 0.450 e. The van der Waals surface area contributed by atoms with Gasteiger partial charge in [-0.25, -0.2) is 4.79 Å². The summed E-state index contributed by atoms with van der Waals surface area (Å²) in [5.74, 6) is -0.208. The standard InChI is InChI=1S/C13H17NO3/c15-10-5-8-6-12(16)17-13(8)7-9(10)14-4-2-1-3-11(13)14/h6,9-11,15H,1-5,7H2/t9-,10+,11-,13-/m0/s1. The molecule has 1 aliphatic carbocycles. The molecule has 3 aliphatic heterocycles. The van der Waals surface area contributed by atoms with Crippen LogP contribution < -0.4 is 0 Å². The second-order valence-corrected chi connectivity index (χ2v) is 5.77. The van der Waals surface area contributed by atoms with Crippen molar-refractivity contribution in [3.05, 3.63) is 11.6 Å². The van der Waals surface area contributed by atoms with Crippen molar-refractivity contribution in [3.8, 4) is 0 Å². The summed E-state index contributed by atoms with van der Waals surface area (Å²) in [6, 6.07) is 0.513. The fraction of sp³-hybridized carbons (Fsp3) is 0.769. The van der Waals surface area contributed by atoms with Crippen LogP contribution in [0.5, 0.6) is 0 Å². The van der Waals surface area contributed by atoms with Crippen LogP contribution in [0, 0.1) is 0 Å². The number of nitrogens with zero attached hydrogens (tertiary/aromatic N) is 1. The Balaban J connectivity index is 1.81. The third-order valence-corrected chi connectivity index (χ3v) is 5.01. The van der Waals surface area contributed by atoms with Crippen molar-refractivity contribution >= 4 is 5.97 Å². The first-order valence-corrected chi connectivity index (χ1v) is 6.58. The second kappa shape index (κ2) is 3.12. The van der Waals surface area contributed by atoms with Crippen LogP contribution >= 0.6 is 0 Å². The molecule has 92 valence electrons. The molecular weight excluding hydrogens is 218 g/mol. The monoisotopic (exact) mass is 235 g/mol. The molecule has 0 aromatic rings. The van der Waals surface area contributed by atoms with E-state index in [1.165, 1.54) is 12.8 Å². The lowest BCUT2D eigenvalue weighted by Gasteiger charge is -2.37. The minimum absolute atomic E-state index is 0.198. The van der Waals surface area contributed by atoms with Gasteiger partial charge < -0.3 is 9.84 Å². The number of fused-ring (bicyclic) bond motifs is 3. The molecule has 2 saturated heterocycles. The van der Waals surface area contributed by atoms with Gasteiger partial charge in [0.05, 0.1) is 12.1 Å². The highest BCUT2D eigenvalue weighted by Gasteiger charge is 2.63. The molecule has 4 atom stereocenters. The highest BCUT2D eigenvalue weighted by atomic mass is 16.6. The third kappa shape index (κ3) is 1.13. The fourth-order valence-corrected chi connectivity index (χ4v) is 4.36. The van der Waals surface area contributed by atoms with Gasteiger partial charge in [0.2, 0.25) is 0 Å². The van der Waals surface area contributed by atoms with Gasteiger partial charge in [0.1, 0.15) is 0 Å². The average molecular weight is 235 g/mol. The summed E-state index contributed by atoms with van der Waals surface area (Å²) in [6.07, 6.45) is 6.21. The van der Waals surface area contributed by atoms with Crippen molar-refractivity contribution < 1.29 is 14.6 Å². The number of hydrogen-bond donors (Lipinski definition) is 1. The summed E-state index contributed by atoms with van der Waals surface area (Å²) >= 11 is 0. The van der Waals surface area contributed by atoms with E-state index in [4.69, 9.17) is 4.74 Å². The smallest absolute Gasteiger partial charge is 0.331 e. The van der Waals surface area contributed by atoms with Gasteiger partial charge >= 0.3 is 5.97 Å². The third-order valence-electron chi connectivity index (χ3n) is 5.01. The van der Waals surface area contributed by atoms with E-state index >= 15 is 0 Å². The molecule has 0 amide bonds. The first kappa shape index (κ1) is 10.1. The molecule has 0 aromatic heterocycles. The van der Waals surface area contributed by atoms with Gasteiger partial charge in [0, 0.05) is 25.0 Å². The summed E-state index contributed by atoms with van der Waals surface area (Å²) in [4.78, 5) is 14.0. The zero-order valence-electron chi connectivity index (χ0n) is 9.76. The van der Waals surface area contributed by atoms with Gasteiger partial charge in [-0.2, -0.15) is 0 Å². The molecule has 4 aliphatic rings. The number of esters is 1. The normalized spacial score (nSPS) is 48.4. The topological polar surface area (TPSA) is 49.8 Å². The Bertz CT molecular complexity index is 419. The number of ether oxygens (including phenoxy) is 1. The maximum atomic E-state index is 11.6. The van der Waals surface area contributed by atoms with Crippen LogP contribution in [0.3, 0.4) is 0 Å². The highest BCUT2D eigenvalue weighted by Crippen LogP contribution is 2.53. The van der Waals surface area contributed by atoms with E-state index in [9.17, 15) is 9.90 Å². The van der Waals surface area contributed by atoms with Gasteiger partial charge in [0.15, 0.2) is 5.60 Å². The quantitative estimate of drug-likeness (QED) is 0.625. The van der Waals surface area contributed by atoms with Gasteiger partial charge in [-0.1, -0.05) is 6.42 Å². The Labute approximate surface area is 100 Å². The number of carbonyl (C=O) groups excluding carboxylic acids is 1. The Morgan fingerprint density at radius 2 is 2.35 bits per heavy atom. The van der Waals surface area contributed by atoms with Crippen LogP contribution in [0.1, 0.15) is 32.1 Å². The molecule has 3 heterocycles. The lowest BCUT2D eigenvalue weighted by atomic mass is 9.76. The maximum Gasteiger partial charge on any atom is 0.331 e. The van der Waals surface area contributed by atoms with Crippen LogP contribution in [-0.2, 0) is 9.53 Å². The molecule has 2 bridgehead atoms. The molecule has 17 heavy (non-hydrogen) atoms. The predicted octanol–water partition coefficient (Wildman–Crippen LogP) is 0.600. The van der Waals surface area contributed by atoms with E-state index in [0.29, 0.717) is 12.5 Å². The summed E-state index contributed by atoms with van der Waals surface area (Å²) in [6.45, 7) is 1.04. The number of hydrogen-bond acceptors (Lipinski definition) is 4. The van der Waals surface area contributed by atoms with Gasteiger partial charge in [-0.05, 0) is 25.0 Å². The van der Waals surface area contributed by atoms with E-state index in [-0.39, 0.29) is 23.7 Å². The number of carbonyl (C=O) groups is 1. The Kier molecular flexibility index (Phi) is 1.85. The summed E-state index contributed by atoms with van der Waals surface area (Å²) in [5, 5.41) is 10.2. The zero-order valence-corrected chi connectivity index (χ0v) is 9.76. The molecule has 4 nitrogen and oxygen atoms in total. The SMILES string of the molecule is O=C1C=C2C[C@@H](O)[C@@H]3C[C@@]2(O1)[C@@H]1CCCCN13. The van der Waals surface area contributed by atoms with Crippen LogP contribution in [0.15, 0.2) is 11.6 Å². The van der Waals surface area contributed by atoms with Gasteiger partial charge in [-0.3, -0.25) is 4.90 Å². The molecule has 1 spiro atoms. The molecule has 4 rings (SSSR count). The second-order valence-electron chi connectivity index (χ2n) is 5.77. The van der Waals surface area contributed by atoms with Crippen LogP contribution in [-0.4, -0.2) is 46.3 Å². The predicted molar refractivity (Wildman–Crippen MR) is 60.3 cm³/mol. The Hall–Kier alpha value is -0.870. The van der Waals surface area contributed by atoms with Crippen molar-refractivity contribution in [2.24, 2.45) is 0 Å². The van der Waals surface area contributed by atoms with Crippen molar-refractivity contribution in [1.82, 2.24) is 4.90 Å². The zero-order chi connectivity index (χ0) is 11.6. The van der Waals surface area contributed by atoms with Crippen LogP contribution in [0.2, 0.25) is 0 Å². The number of piperidine rings is 1. The summed E-state index contributed by atoms with van der Waals surface area (Å²) in [5.41, 5.74) is 0.669. The van der Waals surface area contributed by atoms with Crippen molar-refractivity contribution in [2.75, 3.05) is 6.54 Å². The summed E-state index contributed by atoms with van der Waals surface area (Å²) in [7, 11) is 0. The minimum atomic E-state index is -0.374. The molecule has 0 radical (unpaired) electrons. The maximum absolute atomic E-state index is 11.6. The van der Waals surface area contributed by atoms with Crippen molar-refractivity contribution in [1.29, 1.82) is 0 Å². The molecule has 1 N–H and O–H groups in total. The molecule has 3 fully saturated rings. The van der Waals surface area contributed by atoms with E-state index in [0.717, 1.165) is 25.0 Å². The molecular formula is C13H17NO3. The average Bonchev–Trinajstić information content (AvgIpc) is 2.79. The van der Waals surface area contributed by atoms with Gasteiger partial charge in [-0.15, -0.1) is 0 Å². The molecule has 0 aromatic carbocycles. The van der Waals surface area contributed by atoms with E-state index in [1.807, 2.05) is 0 Å². The minimum Gasteiger partial charge on any atom is -0.450 e. The Morgan fingerprint density at radius 3 is 3.24 bits per heavy atom. The highest BCUT2D eigenvalue weighted by molar-refractivity contribution is 5.87. The van der Waals surface area contributed by atoms with E-state index in [2.05, 4.69) is 4.90 Å². The molecule has 0 unspecified atom stereocenters. The van der Waals surface area contributed by atoms with E-state index in [1.54, 1.807) is 6.08 Å². The van der Waals surface area contributed by atoms with Crippen LogP contribution in [0.25, 0.3) is 0 Å². The lowest BCUT2D eigenvalue weighted by molar-refractivity contribution is -0.148. The lowest BCUT2D eigenvalue weighted by Crippen LogP contribution is -2.48. The number of aliphatic hydroxyl groups excluding tert-OH is 1. The molecule has 4 heteroatoms. The van der Waals surface area contributed by atoms with Gasteiger partial charge in [0.25, 0.3) is 0 Å². The first-order chi connectivity index (χ1) is 8.21.